The summed E-state index contributed by atoms with van der Waals surface area (Å²) < 4.78 is 0. The van der Waals surface area contributed by atoms with E-state index in [0.29, 0.717) is 12.0 Å². The van der Waals surface area contributed by atoms with Crippen LogP contribution in [-0.2, 0) is 4.79 Å². The number of allylic oxidation sites excluding steroid dienone is 1. The van der Waals surface area contributed by atoms with Crippen molar-refractivity contribution in [2.75, 3.05) is 7.05 Å². The summed E-state index contributed by atoms with van der Waals surface area (Å²) in [6.07, 6.45) is 0.549. The zero-order chi connectivity index (χ0) is 9.72. The molecule has 2 heteroatoms. The van der Waals surface area contributed by atoms with Crippen molar-refractivity contribution >= 4 is 5.78 Å². The Hall–Kier alpha value is -1.05. The Morgan fingerprint density at radius 3 is 2.25 bits per heavy atom. The van der Waals surface area contributed by atoms with Crippen LogP contribution in [0.3, 0.4) is 0 Å². The predicted octanol–water partition coefficient (Wildman–Crippen LogP) is 1.89. The van der Waals surface area contributed by atoms with Crippen molar-refractivity contribution in [2.45, 2.75) is 20.3 Å². The van der Waals surface area contributed by atoms with Gasteiger partial charge in [0.15, 0.2) is 5.78 Å². The molecule has 0 aliphatic carbocycles. The van der Waals surface area contributed by atoms with Crippen molar-refractivity contribution in [1.82, 2.24) is 5.32 Å². The van der Waals surface area contributed by atoms with E-state index in [4.69, 9.17) is 0 Å². The SMILES string of the molecule is C=C(CC(=C)C(=O)C(C)C)NC. The summed E-state index contributed by atoms with van der Waals surface area (Å²) in [5, 5.41) is 2.88. The number of Topliss-reactive ketones (excluding diaryl/α,β-unsaturated/α-hetero) is 1. The molecule has 0 aromatic heterocycles. The third-order valence-electron chi connectivity index (χ3n) is 1.65. The van der Waals surface area contributed by atoms with Gasteiger partial charge in [0, 0.05) is 25.1 Å². The van der Waals surface area contributed by atoms with Crippen LogP contribution in [0.15, 0.2) is 24.4 Å². The van der Waals surface area contributed by atoms with Gasteiger partial charge in [0.2, 0.25) is 0 Å². The normalized spacial score (nSPS) is 9.67. The van der Waals surface area contributed by atoms with Crippen LogP contribution in [0.4, 0.5) is 0 Å². The third-order valence-corrected chi connectivity index (χ3v) is 1.65. The molecule has 12 heavy (non-hydrogen) atoms. The number of rotatable bonds is 5. The molecule has 0 aromatic rings. The van der Waals surface area contributed by atoms with Gasteiger partial charge in [-0.15, -0.1) is 0 Å². The van der Waals surface area contributed by atoms with Crippen molar-refractivity contribution in [3.63, 3.8) is 0 Å². The molecule has 0 saturated heterocycles. The van der Waals surface area contributed by atoms with E-state index in [2.05, 4.69) is 18.5 Å². The van der Waals surface area contributed by atoms with Crippen molar-refractivity contribution in [2.24, 2.45) is 5.92 Å². The fourth-order valence-electron chi connectivity index (χ4n) is 0.841. The molecule has 0 unspecified atom stereocenters. The molecule has 1 N–H and O–H groups in total. The van der Waals surface area contributed by atoms with Crippen LogP contribution in [-0.4, -0.2) is 12.8 Å². The number of nitrogens with one attached hydrogen (secondary N) is 1. The van der Waals surface area contributed by atoms with Crippen LogP contribution in [0.25, 0.3) is 0 Å². The Bertz CT molecular complexity index is 204. The van der Waals surface area contributed by atoms with Crippen molar-refractivity contribution in [3.05, 3.63) is 24.4 Å². The monoisotopic (exact) mass is 167 g/mol. The first-order valence-corrected chi connectivity index (χ1v) is 4.06. The van der Waals surface area contributed by atoms with Crippen LogP contribution in [0.1, 0.15) is 20.3 Å². The average Bonchev–Trinajstić information content (AvgIpc) is 2.02. The molecule has 0 atom stereocenters. The largest absolute Gasteiger partial charge is 0.392 e. The van der Waals surface area contributed by atoms with Crippen LogP contribution in [0, 0.1) is 5.92 Å². The maximum Gasteiger partial charge on any atom is 0.161 e. The maximum atomic E-state index is 11.3. The Labute approximate surface area is 74.4 Å². The topological polar surface area (TPSA) is 29.1 Å². The van der Waals surface area contributed by atoms with Crippen LogP contribution in [0.2, 0.25) is 0 Å². The molecular weight excluding hydrogens is 150 g/mol. The standard InChI is InChI=1S/C10H17NO/c1-7(2)10(12)8(3)6-9(4)11-5/h7,11H,3-4,6H2,1-2,5H3. The van der Waals surface area contributed by atoms with Gasteiger partial charge in [-0.2, -0.15) is 0 Å². The second kappa shape index (κ2) is 4.75. The van der Waals surface area contributed by atoms with Gasteiger partial charge in [-0.1, -0.05) is 27.0 Å². The van der Waals surface area contributed by atoms with Gasteiger partial charge in [0.1, 0.15) is 0 Å². The number of ketones is 1. The molecular formula is C10H17NO. The fraction of sp³-hybridized carbons (Fsp3) is 0.500. The Morgan fingerprint density at radius 2 is 1.92 bits per heavy atom. The first-order valence-electron chi connectivity index (χ1n) is 4.06. The van der Waals surface area contributed by atoms with Crippen LogP contribution < -0.4 is 5.32 Å². The summed E-state index contributed by atoms with van der Waals surface area (Å²) in [6.45, 7) is 11.2. The molecule has 0 heterocycles. The number of hydrogen-bond acceptors (Lipinski definition) is 2. The molecule has 0 aliphatic heterocycles. The third kappa shape index (κ3) is 3.37. The van der Waals surface area contributed by atoms with Crippen LogP contribution in [0.5, 0.6) is 0 Å². The zero-order valence-corrected chi connectivity index (χ0v) is 8.11. The molecule has 0 spiro atoms. The lowest BCUT2D eigenvalue weighted by atomic mass is 9.99. The highest BCUT2D eigenvalue weighted by Gasteiger charge is 2.11. The summed E-state index contributed by atoms with van der Waals surface area (Å²) in [5.41, 5.74) is 1.46. The van der Waals surface area contributed by atoms with Crippen molar-refractivity contribution in [3.8, 4) is 0 Å². The van der Waals surface area contributed by atoms with Gasteiger partial charge in [0.05, 0.1) is 0 Å². The molecule has 0 rings (SSSR count). The Kier molecular flexibility index (Phi) is 4.34. The summed E-state index contributed by atoms with van der Waals surface area (Å²) in [7, 11) is 1.79. The summed E-state index contributed by atoms with van der Waals surface area (Å²) in [6, 6.07) is 0. The van der Waals surface area contributed by atoms with Crippen molar-refractivity contribution in [1.29, 1.82) is 0 Å². The van der Waals surface area contributed by atoms with E-state index in [-0.39, 0.29) is 11.7 Å². The first kappa shape index (κ1) is 11.0. The highest BCUT2D eigenvalue weighted by molar-refractivity contribution is 5.96. The summed E-state index contributed by atoms with van der Waals surface area (Å²) in [4.78, 5) is 11.3. The molecule has 0 amide bonds. The molecule has 0 bridgehead atoms. The smallest absolute Gasteiger partial charge is 0.161 e. The summed E-state index contributed by atoms with van der Waals surface area (Å²) >= 11 is 0. The minimum atomic E-state index is 0.0298. The predicted molar refractivity (Wildman–Crippen MR) is 51.8 cm³/mol. The van der Waals surface area contributed by atoms with E-state index >= 15 is 0 Å². The summed E-state index contributed by atoms with van der Waals surface area (Å²) in [5.74, 6) is 0.147. The van der Waals surface area contributed by atoms with E-state index in [1.807, 2.05) is 13.8 Å². The minimum Gasteiger partial charge on any atom is -0.392 e. The quantitative estimate of drug-likeness (QED) is 0.633. The second-order valence-electron chi connectivity index (χ2n) is 3.15. The lowest BCUT2D eigenvalue weighted by molar-refractivity contribution is -0.118. The molecule has 0 radical (unpaired) electrons. The van der Waals surface area contributed by atoms with Gasteiger partial charge in [0.25, 0.3) is 0 Å². The first-order chi connectivity index (χ1) is 5.49. The highest BCUT2D eigenvalue weighted by Crippen LogP contribution is 2.10. The number of carbonyl (C=O) groups excluding carboxylic acids is 1. The Balaban J connectivity index is 4.05. The molecule has 0 fully saturated rings. The minimum absolute atomic E-state index is 0.0298. The molecule has 68 valence electrons. The van der Waals surface area contributed by atoms with Gasteiger partial charge in [-0.3, -0.25) is 4.79 Å². The average molecular weight is 167 g/mol. The van der Waals surface area contributed by atoms with Gasteiger partial charge in [-0.25, -0.2) is 0 Å². The van der Waals surface area contributed by atoms with Crippen LogP contribution >= 0.6 is 0 Å². The second-order valence-corrected chi connectivity index (χ2v) is 3.15. The Morgan fingerprint density at radius 1 is 1.42 bits per heavy atom. The zero-order valence-electron chi connectivity index (χ0n) is 8.11. The van der Waals surface area contributed by atoms with E-state index < -0.39 is 0 Å². The molecule has 2 nitrogen and oxygen atoms in total. The number of carbonyl (C=O) groups is 1. The lowest BCUT2D eigenvalue weighted by Gasteiger charge is -2.08. The van der Waals surface area contributed by atoms with Gasteiger partial charge < -0.3 is 5.32 Å². The van der Waals surface area contributed by atoms with E-state index in [1.165, 1.54) is 0 Å². The highest BCUT2D eigenvalue weighted by atomic mass is 16.1. The van der Waals surface area contributed by atoms with Gasteiger partial charge >= 0.3 is 0 Å². The molecule has 0 aliphatic rings. The fourth-order valence-corrected chi connectivity index (χ4v) is 0.841. The van der Waals surface area contributed by atoms with E-state index in [0.717, 1.165) is 5.70 Å². The molecule has 0 saturated carbocycles. The number of hydrogen-bond donors (Lipinski definition) is 1. The van der Waals surface area contributed by atoms with Gasteiger partial charge in [-0.05, 0) is 5.57 Å². The molecule has 0 aromatic carbocycles. The maximum absolute atomic E-state index is 11.3. The lowest BCUT2D eigenvalue weighted by Crippen LogP contribution is -2.13. The van der Waals surface area contributed by atoms with Crippen molar-refractivity contribution < 1.29 is 4.79 Å². The van der Waals surface area contributed by atoms with E-state index in [9.17, 15) is 4.79 Å². The van der Waals surface area contributed by atoms with E-state index in [1.54, 1.807) is 7.05 Å².